The van der Waals surface area contributed by atoms with E-state index in [4.69, 9.17) is 38.3 Å². The number of carbonyl (C=O) groups excluding carboxylic acids is 3. The van der Waals surface area contributed by atoms with E-state index >= 15 is 0 Å². The topological polar surface area (TPSA) is 213 Å². The summed E-state index contributed by atoms with van der Waals surface area (Å²) in [4.78, 5) is 63.6. The summed E-state index contributed by atoms with van der Waals surface area (Å²) in [6.07, 6.45) is -5.98. The fourth-order valence-corrected chi connectivity index (χ4v) is 4.88. The first-order chi connectivity index (χ1) is 17.9. The van der Waals surface area contributed by atoms with Crippen molar-refractivity contribution in [3.8, 4) is 0 Å². The van der Waals surface area contributed by atoms with Crippen LogP contribution in [0.4, 0.5) is 5.82 Å². The van der Waals surface area contributed by atoms with Crippen molar-refractivity contribution in [1.29, 1.82) is 0 Å². The largest absolute Gasteiger partial charge is 0.519 e. The molecule has 1 saturated heterocycles. The smallest absolute Gasteiger partial charge is 0.463 e. The Hall–Kier alpha value is -3.96. The monoisotopic (exact) mass is 556 g/mol. The Kier molecular flexibility index (Phi) is 7.70. The Balaban J connectivity index is 1.69. The predicted molar refractivity (Wildman–Crippen MR) is 125 cm³/mol. The van der Waals surface area contributed by atoms with Gasteiger partial charge < -0.3 is 43.6 Å². The third-order valence-electron chi connectivity index (χ3n) is 5.40. The quantitative estimate of drug-likeness (QED) is 0.325. The highest BCUT2D eigenvalue weighted by Gasteiger charge is 2.52. The van der Waals surface area contributed by atoms with E-state index in [2.05, 4.69) is 10.3 Å². The Morgan fingerprint density at radius 1 is 1.08 bits per heavy atom. The minimum atomic E-state index is -1.32. The average Bonchev–Trinajstić information content (AvgIpc) is 3.42. The summed E-state index contributed by atoms with van der Waals surface area (Å²) >= 11 is 0.742. The zero-order valence-electron chi connectivity index (χ0n) is 20.6. The van der Waals surface area contributed by atoms with Crippen molar-refractivity contribution in [2.24, 2.45) is 10.7 Å². The molecule has 0 aromatic carbocycles. The Labute approximate surface area is 217 Å². The summed E-state index contributed by atoms with van der Waals surface area (Å²) in [5.41, 5.74) is 5.94. The third-order valence-corrected chi connectivity index (χ3v) is 6.38. The molecule has 0 saturated carbocycles. The maximum atomic E-state index is 13.2. The van der Waals surface area contributed by atoms with Crippen molar-refractivity contribution < 1.29 is 46.9 Å². The maximum Gasteiger partial charge on any atom is 0.519 e. The number of hydrogen-bond acceptors (Lipinski definition) is 16. The van der Waals surface area contributed by atoms with Crippen LogP contribution in [0.3, 0.4) is 0 Å². The average molecular weight is 557 g/mol. The number of aromatic nitrogens is 1. The van der Waals surface area contributed by atoms with Gasteiger partial charge >= 0.3 is 28.6 Å². The van der Waals surface area contributed by atoms with E-state index in [0.717, 1.165) is 29.8 Å². The molecule has 206 valence electrons. The van der Waals surface area contributed by atoms with Crippen LogP contribution in [0, 0.1) is 6.92 Å². The van der Waals surface area contributed by atoms with Crippen LogP contribution in [0.5, 0.6) is 0 Å². The molecule has 2 aromatic heterocycles. The zero-order chi connectivity index (χ0) is 27.7. The van der Waals surface area contributed by atoms with Crippen molar-refractivity contribution >= 4 is 41.0 Å². The second-order valence-corrected chi connectivity index (χ2v) is 9.20. The van der Waals surface area contributed by atoms with Gasteiger partial charge in [-0.05, 0) is 6.92 Å². The molecule has 0 spiro atoms. The fraction of sp³-hybridized carbons (Fsp3) is 0.524. The summed E-state index contributed by atoms with van der Waals surface area (Å²) in [6, 6.07) is 0. The molecule has 2 aromatic rings. The number of ether oxygens (including phenoxy) is 5. The van der Waals surface area contributed by atoms with Crippen LogP contribution in [0.25, 0.3) is 0 Å². The van der Waals surface area contributed by atoms with Crippen LogP contribution in [-0.2, 0) is 44.7 Å². The summed E-state index contributed by atoms with van der Waals surface area (Å²) < 4.78 is 38.3. The molecular formula is C21H24N4O12S. The van der Waals surface area contributed by atoms with Gasteiger partial charge in [0.05, 0.1) is 0 Å². The highest BCUT2D eigenvalue weighted by molar-refractivity contribution is 7.09. The van der Waals surface area contributed by atoms with Gasteiger partial charge in [-0.25, -0.2) is 9.79 Å². The molecule has 17 heteroatoms. The molecular weight excluding hydrogens is 532 g/mol. The fourth-order valence-electron chi connectivity index (χ4n) is 3.93. The number of thiazole rings is 1. The Morgan fingerprint density at radius 2 is 1.76 bits per heavy atom. The van der Waals surface area contributed by atoms with E-state index < -0.39 is 59.4 Å². The Bertz CT molecular complexity index is 1390. The lowest BCUT2D eigenvalue weighted by Crippen LogP contribution is -2.41. The molecule has 16 nitrogen and oxygen atoms in total. The third kappa shape index (κ3) is 5.63. The number of fused-ring (bicyclic) bond motifs is 1. The van der Waals surface area contributed by atoms with Crippen molar-refractivity contribution in [2.45, 2.75) is 65.1 Å². The molecule has 1 unspecified atom stereocenters. The van der Waals surface area contributed by atoms with Crippen LogP contribution in [0.1, 0.15) is 49.6 Å². The van der Waals surface area contributed by atoms with Crippen molar-refractivity contribution in [2.75, 3.05) is 11.9 Å². The standard InChI is InChI=1S/C21H24N4O12S/c1-7-11(37-21(30)33-7)5-32-17-15-16(23-19(22)24-17)25(20(29)38-15)18-14(35-10(4)28)13(34-9(3)27)12(36-18)6-31-8(2)26/h12-14,17-18H,5-6H2,1-4H3,(H3,22,23,24)/t12-,13-,14-,17?,18-/m1/s1. The van der Waals surface area contributed by atoms with Gasteiger partial charge in [-0.15, -0.1) is 0 Å². The SMILES string of the molecule is CC(=O)OC[C@H]1O[C@@H](n2c3c(sc2=O)C(OCc2oc(=O)oc2C)N=C(N)N3)[C@H](OC(C)=O)[C@@H]1OC(C)=O. The number of guanidine groups is 1. The molecule has 0 radical (unpaired) electrons. The first-order valence-corrected chi connectivity index (χ1v) is 12.0. The summed E-state index contributed by atoms with van der Waals surface area (Å²) in [5.74, 6) is -2.62. The van der Waals surface area contributed by atoms with Crippen LogP contribution < -0.4 is 21.7 Å². The van der Waals surface area contributed by atoms with E-state index in [1.807, 2.05) is 0 Å². The number of esters is 3. The lowest BCUT2D eigenvalue weighted by atomic mass is 10.1. The van der Waals surface area contributed by atoms with Crippen molar-refractivity contribution in [3.05, 3.63) is 36.7 Å². The van der Waals surface area contributed by atoms with E-state index in [-0.39, 0.29) is 41.4 Å². The molecule has 3 N–H and O–H groups in total. The molecule has 5 atom stereocenters. The van der Waals surface area contributed by atoms with Gasteiger partial charge in [0.15, 0.2) is 36.4 Å². The number of aliphatic imine (C=N–C) groups is 1. The number of hydrogen-bond donors (Lipinski definition) is 2. The van der Waals surface area contributed by atoms with Crippen molar-refractivity contribution in [1.82, 2.24) is 4.57 Å². The van der Waals surface area contributed by atoms with Gasteiger partial charge in [0.1, 0.15) is 35.8 Å². The molecule has 4 rings (SSSR count). The summed E-state index contributed by atoms with van der Waals surface area (Å²) in [6.45, 7) is 4.40. The van der Waals surface area contributed by atoms with Gasteiger partial charge in [-0.3, -0.25) is 23.7 Å². The van der Waals surface area contributed by atoms with Gasteiger partial charge in [-0.1, -0.05) is 11.3 Å². The number of rotatable bonds is 8. The van der Waals surface area contributed by atoms with Crippen LogP contribution >= 0.6 is 11.3 Å². The minimum Gasteiger partial charge on any atom is -0.463 e. The van der Waals surface area contributed by atoms with Crippen molar-refractivity contribution in [3.63, 3.8) is 0 Å². The highest BCUT2D eigenvalue weighted by Crippen LogP contribution is 2.40. The lowest BCUT2D eigenvalue weighted by Gasteiger charge is -2.26. The maximum absolute atomic E-state index is 13.2. The summed E-state index contributed by atoms with van der Waals surface area (Å²) in [7, 11) is 0. The molecule has 0 aliphatic carbocycles. The number of nitrogens with two attached hydrogens (primary N) is 1. The second-order valence-electron chi connectivity index (χ2n) is 8.20. The number of anilines is 1. The Morgan fingerprint density at radius 3 is 2.37 bits per heavy atom. The van der Waals surface area contributed by atoms with Crippen LogP contribution in [0.15, 0.2) is 23.4 Å². The molecule has 2 aliphatic heterocycles. The molecule has 2 aliphatic rings. The van der Waals surface area contributed by atoms with E-state index in [1.54, 1.807) is 0 Å². The van der Waals surface area contributed by atoms with Crippen LogP contribution in [-0.4, -0.2) is 53.4 Å². The lowest BCUT2D eigenvalue weighted by molar-refractivity contribution is -0.166. The number of aryl methyl sites for hydroxylation is 1. The molecule has 1 fully saturated rings. The van der Waals surface area contributed by atoms with Crippen LogP contribution in [0.2, 0.25) is 0 Å². The number of nitrogens with zero attached hydrogens (tertiary/aromatic N) is 2. The number of nitrogens with one attached hydrogen (secondary N) is 1. The number of carbonyl (C=O) groups is 3. The second kappa shape index (κ2) is 10.8. The van der Waals surface area contributed by atoms with E-state index in [1.165, 1.54) is 13.8 Å². The first kappa shape index (κ1) is 27.1. The van der Waals surface area contributed by atoms with Gasteiger partial charge in [0.2, 0.25) is 0 Å². The van der Waals surface area contributed by atoms with Gasteiger partial charge in [0.25, 0.3) is 0 Å². The summed E-state index contributed by atoms with van der Waals surface area (Å²) in [5, 5.41) is 2.78. The zero-order valence-corrected chi connectivity index (χ0v) is 21.4. The minimum absolute atomic E-state index is 0.116. The van der Waals surface area contributed by atoms with Gasteiger partial charge in [0, 0.05) is 20.8 Å². The van der Waals surface area contributed by atoms with E-state index in [0.29, 0.717) is 0 Å². The normalized spacial score (nSPS) is 24.2. The molecule has 4 heterocycles. The van der Waals surface area contributed by atoms with Gasteiger partial charge in [-0.2, -0.15) is 0 Å². The van der Waals surface area contributed by atoms with E-state index in [9.17, 15) is 24.0 Å². The molecule has 0 amide bonds. The predicted octanol–water partition coefficient (Wildman–Crippen LogP) is 0.0439. The first-order valence-electron chi connectivity index (χ1n) is 11.1. The highest BCUT2D eigenvalue weighted by atomic mass is 32.1. The molecule has 0 bridgehead atoms. The molecule has 38 heavy (non-hydrogen) atoms.